The maximum atomic E-state index is 15.6. The number of halogens is 1. The van der Waals surface area contributed by atoms with Gasteiger partial charge >= 0.3 is 0 Å². The number of nitrogens with one attached hydrogen (secondary N) is 2. The van der Waals surface area contributed by atoms with Crippen molar-refractivity contribution in [2.24, 2.45) is 7.05 Å². The van der Waals surface area contributed by atoms with Crippen LogP contribution in [-0.2, 0) is 11.8 Å². The van der Waals surface area contributed by atoms with E-state index in [1.165, 1.54) is 6.33 Å². The average Bonchev–Trinajstić information content (AvgIpc) is 3.37. The monoisotopic (exact) mass is 583 g/mol. The van der Waals surface area contributed by atoms with Crippen LogP contribution in [-0.4, -0.2) is 55.0 Å². The highest BCUT2D eigenvalue weighted by atomic mass is 19.1. The van der Waals surface area contributed by atoms with E-state index in [4.69, 9.17) is 9.72 Å². The lowest BCUT2D eigenvalue weighted by molar-refractivity contribution is -0.111. The molecule has 11 nitrogen and oxygen atoms in total. The Morgan fingerprint density at radius 2 is 1.95 bits per heavy atom. The number of carbonyl (C=O) groups excluding carboxylic acids is 1. The van der Waals surface area contributed by atoms with E-state index in [-0.39, 0.29) is 11.2 Å². The molecule has 1 saturated heterocycles. The molecule has 0 radical (unpaired) electrons. The van der Waals surface area contributed by atoms with Crippen molar-refractivity contribution in [1.29, 1.82) is 0 Å². The number of nitrogens with zero attached hydrogens (tertiary/aromatic N) is 7. The van der Waals surface area contributed by atoms with Crippen LogP contribution in [0.5, 0.6) is 11.5 Å². The molecule has 1 unspecified atom stereocenters. The third-order valence-corrected chi connectivity index (χ3v) is 7.29. The first kappa shape index (κ1) is 29.4. The molecule has 3 aromatic heterocycles. The highest BCUT2D eigenvalue weighted by molar-refractivity contribution is 5.88. The molecule has 5 aromatic rings. The number of benzene rings is 2. The van der Waals surface area contributed by atoms with Crippen molar-refractivity contribution in [2.75, 3.05) is 23.3 Å². The number of anilines is 3. The standard InChI is InChI=1S/C28H28FN9O2.C3H6/c1-17-23(40-18-5-8-22-21(13-18)35-36-37(22)3)9-6-19(25(17)29)33-27-26-20(30-15-31-27)7-10-24(34-26)38-12-4-11-28(2,14-38)32-16-39;1-3-2/h5-10,13,15-16H,4,11-12,14H2,1-3H3,(H,32,39)(H,30,31,33);3H,1H2,2H3. The topological polar surface area (TPSA) is 123 Å². The van der Waals surface area contributed by atoms with Gasteiger partial charge in [0.25, 0.3) is 0 Å². The lowest BCUT2D eigenvalue weighted by Gasteiger charge is -2.40. The van der Waals surface area contributed by atoms with Gasteiger partial charge in [-0.25, -0.2) is 24.0 Å². The summed E-state index contributed by atoms with van der Waals surface area (Å²) in [5, 5.41) is 14.1. The van der Waals surface area contributed by atoms with Crippen molar-refractivity contribution in [2.45, 2.75) is 39.2 Å². The number of ether oxygens (including phenoxy) is 1. The van der Waals surface area contributed by atoms with Gasteiger partial charge in [0, 0.05) is 31.8 Å². The number of hydrogen-bond donors (Lipinski definition) is 2. The van der Waals surface area contributed by atoms with E-state index >= 15 is 4.39 Å². The van der Waals surface area contributed by atoms with E-state index in [0.717, 1.165) is 37.1 Å². The van der Waals surface area contributed by atoms with Crippen molar-refractivity contribution in [3.05, 3.63) is 72.8 Å². The Hall–Kier alpha value is -5.13. The lowest BCUT2D eigenvalue weighted by atomic mass is 9.91. The minimum absolute atomic E-state index is 0.238. The molecule has 222 valence electrons. The number of aromatic nitrogens is 6. The first-order valence-corrected chi connectivity index (χ1v) is 13.9. The molecule has 6 rings (SSSR count). The second kappa shape index (κ2) is 12.4. The van der Waals surface area contributed by atoms with Gasteiger partial charge in [-0.15, -0.1) is 11.7 Å². The number of fused-ring (bicyclic) bond motifs is 2. The molecule has 43 heavy (non-hydrogen) atoms. The molecule has 0 bridgehead atoms. The van der Waals surface area contributed by atoms with Crippen LogP contribution in [0.3, 0.4) is 0 Å². The van der Waals surface area contributed by atoms with E-state index in [9.17, 15) is 4.79 Å². The fraction of sp³-hybridized carbons (Fsp3) is 0.290. The molecule has 2 aromatic carbocycles. The van der Waals surface area contributed by atoms with Crippen LogP contribution in [0.4, 0.5) is 21.7 Å². The largest absolute Gasteiger partial charge is 0.457 e. The Kier molecular flexibility index (Phi) is 8.46. The molecular weight excluding hydrogens is 549 g/mol. The van der Waals surface area contributed by atoms with E-state index in [2.05, 4.69) is 42.4 Å². The van der Waals surface area contributed by atoms with E-state index in [0.29, 0.717) is 46.0 Å². The van der Waals surface area contributed by atoms with Crippen LogP contribution in [0.1, 0.15) is 32.3 Å². The third kappa shape index (κ3) is 6.22. The van der Waals surface area contributed by atoms with E-state index in [1.54, 1.807) is 41.9 Å². The van der Waals surface area contributed by atoms with Crippen molar-refractivity contribution < 1.29 is 13.9 Å². The molecule has 1 aliphatic heterocycles. The maximum absolute atomic E-state index is 15.6. The Morgan fingerprint density at radius 3 is 2.74 bits per heavy atom. The van der Waals surface area contributed by atoms with Crippen LogP contribution < -0.4 is 20.3 Å². The van der Waals surface area contributed by atoms with Crippen molar-refractivity contribution in [1.82, 2.24) is 35.3 Å². The molecule has 1 fully saturated rings. The summed E-state index contributed by atoms with van der Waals surface area (Å²) in [4.78, 5) is 26.8. The van der Waals surface area contributed by atoms with Crippen molar-refractivity contribution in [3.8, 4) is 11.5 Å². The van der Waals surface area contributed by atoms with Crippen LogP contribution in [0.2, 0.25) is 0 Å². The number of rotatable bonds is 7. The van der Waals surface area contributed by atoms with Gasteiger partial charge in [-0.05, 0) is 70.0 Å². The molecule has 12 heteroatoms. The van der Waals surface area contributed by atoms with Crippen molar-refractivity contribution >= 4 is 45.8 Å². The second-order valence-electron chi connectivity index (χ2n) is 10.7. The Balaban J connectivity index is 0.00000118. The highest BCUT2D eigenvalue weighted by Crippen LogP contribution is 2.34. The first-order valence-electron chi connectivity index (χ1n) is 13.9. The number of hydrogen-bond acceptors (Lipinski definition) is 9. The number of aryl methyl sites for hydroxylation is 1. The molecule has 0 spiro atoms. The van der Waals surface area contributed by atoms with Crippen LogP contribution in [0, 0.1) is 12.7 Å². The summed E-state index contributed by atoms with van der Waals surface area (Å²) in [6.45, 7) is 10.4. The zero-order chi connectivity index (χ0) is 30.6. The number of allylic oxidation sites excluding steroid dienone is 1. The van der Waals surface area contributed by atoms with E-state index in [1.807, 2.05) is 39.1 Å². The number of pyridine rings is 1. The van der Waals surface area contributed by atoms with Gasteiger partial charge in [-0.3, -0.25) is 4.79 Å². The Morgan fingerprint density at radius 1 is 1.14 bits per heavy atom. The normalized spacial score (nSPS) is 16.3. The minimum Gasteiger partial charge on any atom is -0.457 e. The van der Waals surface area contributed by atoms with Gasteiger partial charge in [0.1, 0.15) is 34.7 Å². The zero-order valence-electron chi connectivity index (χ0n) is 24.6. The minimum atomic E-state index is -0.465. The zero-order valence-corrected chi connectivity index (χ0v) is 24.6. The summed E-state index contributed by atoms with van der Waals surface area (Å²) in [5.74, 6) is 1.58. The summed E-state index contributed by atoms with van der Waals surface area (Å²) in [5.41, 5.74) is 2.95. The Labute approximate surface area is 248 Å². The van der Waals surface area contributed by atoms with Crippen molar-refractivity contribution in [3.63, 3.8) is 0 Å². The SMILES string of the molecule is C=CC.Cc1c(Oc2ccc3c(c2)nnn3C)ccc(Nc2ncnc3ccc(N4CCCC(C)(NC=O)C4)nc23)c1F. The molecule has 1 atom stereocenters. The van der Waals surface area contributed by atoms with Crippen LogP contribution >= 0.6 is 0 Å². The number of piperidine rings is 1. The first-order chi connectivity index (χ1) is 20.7. The smallest absolute Gasteiger partial charge is 0.207 e. The second-order valence-corrected chi connectivity index (χ2v) is 10.7. The quantitative estimate of drug-likeness (QED) is 0.187. The molecule has 1 amide bonds. The van der Waals surface area contributed by atoms with Gasteiger partial charge in [0.2, 0.25) is 6.41 Å². The average molecular weight is 584 g/mol. The third-order valence-electron chi connectivity index (χ3n) is 7.29. The van der Waals surface area contributed by atoms with Gasteiger partial charge in [-0.2, -0.15) is 0 Å². The van der Waals surface area contributed by atoms with Crippen LogP contribution in [0.15, 0.2) is 61.4 Å². The van der Waals surface area contributed by atoms with Gasteiger partial charge < -0.3 is 20.3 Å². The highest BCUT2D eigenvalue weighted by Gasteiger charge is 2.31. The molecular formula is C31H34FN9O2. The maximum Gasteiger partial charge on any atom is 0.207 e. The molecule has 0 saturated carbocycles. The molecule has 2 N–H and O–H groups in total. The fourth-order valence-corrected chi connectivity index (χ4v) is 5.11. The summed E-state index contributed by atoms with van der Waals surface area (Å²) in [7, 11) is 1.81. The lowest BCUT2D eigenvalue weighted by Crippen LogP contribution is -2.54. The van der Waals surface area contributed by atoms with E-state index < -0.39 is 5.82 Å². The van der Waals surface area contributed by atoms with Gasteiger partial charge in [-0.1, -0.05) is 11.3 Å². The number of amides is 1. The molecule has 0 aliphatic carbocycles. The molecule has 1 aliphatic rings. The summed E-state index contributed by atoms with van der Waals surface area (Å²) < 4.78 is 23.2. The predicted molar refractivity (Wildman–Crippen MR) is 165 cm³/mol. The van der Waals surface area contributed by atoms with Gasteiger partial charge in [0.05, 0.1) is 22.3 Å². The predicted octanol–water partition coefficient (Wildman–Crippen LogP) is 5.59. The van der Waals surface area contributed by atoms with Crippen LogP contribution in [0.25, 0.3) is 22.1 Å². The number of carbonyl (C=O) groups is 1. The summed E-state index contributed by atoms with van der Waals surface area (Å²) in [6, 6.07) is 12.5. The van der Waals surface area contributed by atoms with Gasteiger partial charge in [0.15, 0.2) is 11.6 Å². The summed E-state index contributed by atoms with van der Waals surface area (Å²) in [6.07, 6.45) is 5.72. The Bertz CT molecular complexity index is 1790. The fourth-order valence-electron chi connectivity index (χ4n) is 5.11. The summed E-state index contributed by atoms with van der Waals surface area (Å²) >= 11 is 0. The molecule has 4 heterocycles.